The molecule has 2 aromatic carbocycles. The Balaban J connectivity index is 0.000000657. The van der Waals surface area contributed by atoms with Crippen LogP contribution in [-0.4, -0.2) is 38.1 Å². The number of benzene rings is 2. The SMILES string of the molecule is CC(C)(C)NS(=O)(=O)c1cccc(NC(=O)CNC(=O)OC(C)(C)C)c1.Cc1ccccc1. The van der Waals surface area contributed by atoms with Crippen LogP contribution in [0, 0.1) is 6.92 Å². The number of aryl methyl sites for hydroxylation is 1. The molecule has 0 heterocycles. The quantitative estimate of drug-likeness (QED) is 0.597. The van der Waals surface area contributed by atoms with Gasteiger partial charge in [0.1, 0.15) is 12.1 Å². The van der Waals surface area contributed by atoms with Crippen LogP contribution >= 0.6 is 0 Å². The summed E-state index contributed by atoms with van der Waals surface area (Å²) >= 11 is 0. The van der Waals surface area contributed by atoms with Crippen LogP contribution in [0.4, 0.5) is 10.5 Å². The second-order valence-corrected chi connectivity index (χ2v) is 11.1. The molecule has 3 N–H and O–H groups in total. The Morgan fingerprint density at radius 3 is 2.00 bits per heavy atom. The maximum absolute atomic E-state index is 12.3. The molecule has 182 valence electrons. The third kappa shape index (κ3) is 12.6. The molecule has 0 aliphatic heterocycles. The number of hydrogen-bond acceptors (Lipinski definition) is 5. The van der Waals surface area contributed by atoms with Gasteiger partial charge in [0, 0.05) is 11.2 Å². The highest BCUT2D eigenvalue weighted by Crippen LogP contribution is 2.17. The molecule has 0 spiro atoms. The van der Waals surface area contributed by atoms with Crippen LogP contribution in [0.3, 0.4) is 0 Å². The van der Waals surface area contributed by atoms with E-state index >= 15 is 0 Å². The van der Waals surface area contributed by atoms with Crippen LogP contribution < -0.4 is 15.4 Å². The summed E-state index contributed by atoms with van der Waals surface area (Å²) in [6, 6.07) is 16.1. The Hall–Kier alpha value is -2.91. The van der Waals surface area contributed by atoms with Crippen molar-refractivity contribution in [3.8, 4) is 0 Å². The molecule has 0 saturated heterocycles. The van der Waals surface area contributed by atoms with Gasteiger partial charge >= 0.3 is 6.09 Å². The van der Waals surface area contributed by atoms with E-state index in [1.54, 1.807) is 47.6 Å². The van der Waals surface area contributed by atoms with E-state index in [1.807, 2.05) is 18.2 Å². The Morgan fingerprint density at radius 1 is 0.909 bits per heavy atom. The van der Waals surface area contributed by atoms with Crippen molar-refractivity contribution in [3.63, 3.8) is 0 Å². The minimum atomic E-state index is -3.71. The van der Waals surface area contributed by atoms with Crippen LogP contribution in [0.1, 0.15) is 47.1 Å². The molecule has 0 aliphatic rings. The zero-order chi connectivity index (χ0) is 25.3. The number of carbonyl (C=O) groups is 2. The van der Waals surface area contributed by atoms with Crippen LogP contribution in [0.25, 0.3) is 0 Å². The predicted octanol–water partition coefficient (Wildman–Crippen LogP) is 4.22. The van der Waals surface area contributed by atoms with E-state index in [0.717, 1.165) is 0 Å². The summed E-state index contributed by atoms with van der Waals surface area (Å²) in [5.74, 6) is -0.505. The maximum Gasteiger partial charge on any atom is 0.408 e. The minimum Gasteiger partial charge on any atom is -0.444 e. The summed E-state index contributed by atoms with van der Waals surface area (Å²) in [5, 5.41) is 4.87. The van der Waals surface area contributed by atoms with Crippen LogP contribution in [0.2, 0.25) is 0 Å². The first-order chi connectivity index (χ1) is 15.1. The Labute approximate surface area is 197 Å². The van der Waals surface area contributed by atoms with Crippen LogP contribution in [0.15, 0.2) is 59.5 Å². The molecule has 0 unspecified atom stereocenters. The fraction of sp³-hybridized carbons (Fsp3) is 0.417. The van der Waals surface area contributed by atoms with E-state index in [9.17, 15) is 18.0 Å². The van der Waals surface area contributed by atoms with Gasteiger partial charge < -0.3 is 15.4 Å². The average Bonchev–Trinajstić information content (AvgIpc) is 2.65. The Bertz CT molecular complexity index is 1020. The first kappa shape index (κ1) is 28.1. The van der Waals surface area contributed by atoms with Gasteiger partial charge in [-0.15, -0.1) is 0 Å². The van der Waals surface area contributed by atoms with Crippen molar-refractivity contribution in [1.29, 1.82) is 0 Å². The van der Waals surface area contributed by atoms with Gasteiger partial charge in [-0.05, 0) is 66.7 Å². The van der Waals surface area contributed by atoms with E-state index in [1.165, 1.54) is 23.8 Å². The monoisotopic (exact) mass is 477 g/mol. The van der Waals surface area contributed by atoms with Gasteiger partial charge in [-0.2, -0.15) is 0 Å². The molecule has 2 amide bonds. The molecule has 9 heteroatoms. The normalized spacial score (nSPS) is 11.6. The highest BCUT2D eigenvalue weighted by molar-refractivity contribution is 7.89. The van der Waals surface area contributed by atoms with E-state index in [0.29, 0.717) is 5.69 Å². The van der Waals surface area contributed by atoms with Crippen LogP contribution in [-0.2, 0) is 19.6 Å². The summed E-state index contributed by atoms with van der Waals surface area (Å²) < 4.78 is 32.2. The number of carbonyl (C=O) groups excluding carboxylic acids is 2. The molecule has 0 radical (unpaired) electrons. The van der Waals surface area contributed by atoms with Crippen molar-refractivity contribution in [1.82, 2.24) is 10.0 Å². The molecule has 2 rings (SSSR count). The number of alkyl carbamates (subject to hydrolysis) is 1. The van der Waals surface area contributed by atoms with Crippen molar-refractivity contribution in [2.45, 2.75) is 64.5 Å². The molecule has 0 atom stereocenters. The predicted molar refractivity (Wildman–Crippen MR) is 131 cm³/mol. The lowest BCUT2D eigenvalue weighted by atomic mass is 10.1. The molecule has 0 bridgehead atoms. The number of rotatable bonds is 5. The van der Waals surface area contributed by atoms with Crippen LogP contribution in [0.5, 0.6) is 0 Å². The third-order valence-electron chi connectivity index (χ3n) is 3.60. The van der Waals surface area contributed by atoms with Crippen molar-refractivity contribution in [3.05, 3.63) is 60.2 Å². The highest BCUT2D eigenvalue weighted by Gasteiger charge is 2.22. The summed E-state index contributed by atoms with van der Waals surface area (Å²) in [4.78, 5) is 23.5. The zero-order valence-electron chi connectivity index (χ0n) is 20.4. The van der Waals surface area contributed by atoms with Gasteiger partial charge in [0.15, 0.2) is 0 Å². The van der Waals surface area contributed by atoms with Gasteiger partial charge in [0.2, 0.25) is 15.9 Å². The summed E-state index contributed by atoms with van der Waals surface area (Å²) in [5.41, 5.74) is 0.332. The topological polar surface area (TPSA) is 114 Å². The van der Waals surface area contributed by atoms with Gasteiger partial charge in [0.25, 0.3) is 0 Å². The molecule has 0 aliphatic carbocycles. The second-order valence-electron chi connectivity index (χ2n) is 9.44. The molecule has 0 fully saturated rings. The first-order valence-corrected chi connectivity index (χ1v) is 12.0. The van der Waals surface area contributed by atoms with E-state index in [4.69, 9.17) is 4.74 Å². The first-order valence-electron chi connectivity index (χ1n) is 10.5. The molecule has 2 aromatic rings. The second kappa shape index (κ2) is 11.8. The summed E-state index contributed by atoms with van der Waals surface area (Å²) in [6.45, 7) is 12.1. The third-order valence-corrected chi connectivity index (χ3v) is 5.36. The molecule has 0 saturated carbocycles. The van der Waals surface area contributed by atoms with E-state index < -0.39 is 33.2 Å². The molecular weight excluding hydrogens is 442 g/mol. The fourth-order valence-electron chi connectivity index (χ4n) is 2.41. The lowest BCUT2D eigenvalue weighted by molar-refractivity contribution is -0.115. The lowest BCUT2D eigenvalue weighted by Gasteiger charge is -2.20. The van der Waals surface area contributed by atoms with Crippen molar-refractivity contribution in [2.75, 3.05) is 11.9 Å². The maximum atomic E-state index is 12.3. The minimum absolute atomic E-state index is 0.0327. The van der Waals surface area contributed by atoms with Crippen molar-refractivity contribution < 1.29 is 22.7 Å². The van der Waals surface area contributed by atoms with Gasteiger partial charge in [-0.25, -0.2) is 17.9 Å². The lowest BCUT2D eigenvalue weighted by Crippen LogP contribution is -2.40. The smallest absolute Gasteiger partial charge is 0.408 e. The number of anilines is 1. The number of hydrogen-bond donors (Lipinski definition) is 3. The number of nitrogens with one attached hydrogen (secondary N) is 3. The van der Waals surface area contributed by atoms with Gasteiger partial charge in [-0.1, -0.05) is 42.0 Å². The van der Waals surface area contributed by atoms with Gasteiger partial charge in [0.05, 0.1) is 4.90 Å². The number of amides is 2. The van der Waals surface area contributed by atoms with Crippen molar-refractivity contribution >= 4 is 27.7 Å². The number of sulfonamides is 1. The highest BCUT2D eigenvalue weighted by atomic mass is 32.2. The largest absolute Gasteiger partial charge is 0.444 e. The standard InChI is InChI=1S/C17H27N3O5S.C7H8/c1-16(2,3)20-26(23,24)13-9-7-8-12(10-13)19-14(21)11-18-15(22)25-17(4,5)6;1-7-5-3-2-4-6-7/h7-10,20H,11H2,1-6H3,(H,18,22)(H,19,21);2-6H,1H3. The Kier molecular flexibility index (Phi) is 10.1. The summed E-state index contributed by atoms with van der Waals surface area (Å²) in [6.07, 6.45) is -0.710. The summed E-state index contributed by atoms with van der Waals surface area (Å²) in [7, 11) is -3.71. The van der Waals surface area contributed by atoms with E-state index in [-0.39, 0.29) is 11.4 Å². The zero-order valence-corrected chi connectivity index (χ0v) is 21.2. The van der Waals surface area contributed by atoms with Gasteiger partial charge in [-0.3, -0.25) is 4.79 Å². The molecule has 0 aromatic heterocycles. The Morgan fingerprint density at radius 2 is 1.52 bits per heavy atom. The number of ether oxygens (including phenoxy) is 1. The molecular formula is C24H35N3O5S. The fourth-order valence-corrected chi connectivity index (χ4v) is 3.87. The molecule has 33 heavy (non-hydrogen) atoms. The average molecular weight is 478 g/mol. The molecule has 8 nitrogen and oxygen atoms in total. The van der Waals surface area contributed by atoms with E-state index in [2.05, 4.69) is 34.4 Å². The van der Waals surface area contributed by atoms with Crippen molar-refractivity contribution in [2.24, 2.45) is 0 Å².